The van der Waals surface area contributed by atoms with E-state index in [1.54, 1.807) is 17.8 Å². The van der Waals surface area contributed by atoms with E-state index in [-0.39, 0.29) is 5.91 Å². The molecule has 16 heavy (non-hydrogen) atoms. The van der Waals surface area contributed by atoms with Gasteiger partial charge in [0.15, 0.2) is 0 Å². The first-order valence-corrected chi connectivity index (χ1v) is 5.43. The molecule has 0 fully saturated rings. The first-order valence-electron chi connectivity index (χ1n) is 5.43. The Bertz CT molecular complexity index is 358. The molecule has 0 saturated heterocycles. The summed E-state index contributed by atoms with van der Waals surface area (Å²) in [6.45, 7) is 3.94. The van der Waals surface area contributed by atoms with Gasteiger partial charge in [0.05, 0.1) is 12.3 Å². The number of nitrogens with one attached hydrogen (secondary N) is 1. The largest absolute Gasteiger partial charge is 0.392 e. The van der Waals surface area contributed by atoms with Crippen LogP contribution in [0.4, 0.5) is 0 Å². The summed E-state index contributed by atoms with van der Waals surface area (Å²) in [5.74, 6) is -0.0378. The third-order valence-electron chi connectivity index (χ3n) is 2.55. The number of carbonyl (C=O) groups is 1. The van der Waals surface area contributed by atoms with Crippen LogP contribution in [-0.2, 0) is 18.3 Å². The summed E-state index contributed by atoms with van der Waals surface area (Å²) in [7, 11) is 1.88. The molecule has 1 aromatic rings. The number of hydrogen-bond donors (Lipinski definition) is 2. The van der Waals surface area contributed by atoms with Crippen molar-refractivity contribution >= 4 is 5.91 Å². The number of amides is 1. The minimum Gasteiger partial charge on any atom is -0.392 e. The van der Waals surface area contributed by atoms with Crippen molar-refractivity contribution in [3.63, 3.8) is 0 Å². The molecule has 1 heterocycles. The number of aliphatic hydroxyl groups excluding tert-OH is 1. The van der Waals surface area contributed by atoms with Gasteiger partial charge in [0.25, 0.3) is 0 Å². The van der Waals surface area contributed by atoms with Crippen LogP contribution >= 0.6 is 0 Å². The van der Waals surface area contributed by atoms with Gasteiger partial charge in [-0.25, -0.2) is 0 Å². The molecule has 5 heteroatoms. The van der Waals surface area contributed by atoms with Gasteiger partial charge >= 0.3 is 0 Å². The topological polar surface area (TPSA) is 67.2 Å². The lowest BCUT2D eigenvalue weighted by Crippen LogP contribution is -2.30. The van der Waals surface area contributed by atoms with E-state index in [9.17, 15) is 4.79 Å². The van der Waals surface area contributed by atoms with Crippen molar-refractivity contribution in [2.24, 2.45) is 7.05 Å². The molecule has 1 rings (SSSR count). The molecule has 1 aromatic heterocycles. The summed E-state index contributed by atoms with van der Waals surface area (Å²) in [5.41, 5.74) is 2.18. The van der Waals surface area contributed by atoms with Gasteiger partial charge in [-0.15, -0.1) is 0 Å². The maximum Gasteiger partial charge on any atom is 0.220 e. The molecule has 1 amide bonds. The minimum atomic E-state index is -0.496. The zero-order valence-corrected chi connectivity index (χ0v) is 10.0. The number of aromatic nitrogens is 2. The fraction of sp³-hybridized carbons (Fsp3) is 0.636. The van der Waals surface area contributed by atoms with Gasteiger partial charge in [-0.05, 0) is 25.8 Å². The van der Waals surface area contributed by atoms with Crippen molar-refractivity contribution in [3.05, 3.63) is 17.5 Å². The molecule has 0 aliphatic rings. The molecule has 0 saturated carbocycles. The molecular weight excluding hydrogens is 206 g/mol. The van der Waals surface area contributed by atoms with Crippen molar-refractivity contribution in [2.45, 2.75) is 32.8 Å². The van der Waals surface area contributed by atoms with E-state index in [1.165, 1.54) is 0 Å². The molecule has 90 valence electrons. The van der Waals surface area contributed by atoms with E-state index in [2.05, 4.69) is 10.4 Å². The predicted molar refractivity (Wildman–Crippen MR) is 61.0 cm³/mol. The average Bonchev–Trinajstić information content (AvgIpc) is 2.54. The Labute approximate surface area is 95.5 Å². The van der Waals surface area contributed by atoms with Gasteiger partial charge in [0, 0.05) is 25.7 Å². The van der Waals surface area contributed by atoms with Crippen molar-refractivity contribution in [2.75, 3.05) is 6.54 Å². The third-order valence-corrected chi connectivity index (χ3v) is 2.55. The second kappa shape index (κ2) is 5.65. The summed E-state index contributed by atoms with van der Waals surface area (Å²) in [5, 5.41) is 15.8. The summed E-state index contributed by atoms with van der Waals surface area (Å²) in [6, 6.07) is 0. The van der Waals surface area contributed by atoms with Crippen molar-refractivity contribution < 1.29 is 9.90 Å². The lowest BCUT2D eigenvalue weighted by Gasteiger charge is -2.06. The predicted octanol–water partition coefficient (Wildman–Crippen LogP) is 0.158. The SMILES string of the molecule is Cc1c(CCC(=O)NCC(C)O)cnn1C. The fourth-order valence-corrected chi connectivity index (χ4v) is 1.39. The summed E-state index contributed by atoms with van der Waals surface area (Å²) in [6.07, 6.45) is 2.41. The van der Waals surface area contributed by atoms with Crippen LogP contribution in [-0.4, -0.2) is 33.4 Å². The molecule has 0 aliphatic heterocycles. The second-order valence-corrected chi connectivity index (χ2v) is 4.03. The molecular formula is C11H19N3O2. The standard InChI is InChI=1S/C11H19N3O2/c1-8(15)6-12-11(16)5-4-10-7-13-14(3)9(10)2/h7-8,15H,4-6H2,1-3H3,(H,12,16). The van der Waals surface area contributed by atoms with Gasteiger partial charge in [0.1, 0.15) is 0 Å². The van der Waals surface area contributed by atoms with E-state index < -0.39 is 6.10 Å². The van der Waals surface area contributed by atoms with Crippen LogP contribution in [0.3, 0.4) is 0 Å². The highest BCUT2D eigenvalue weighted by atomic mass is 16.3. The third kappa shape index (κ3) is 3.66. The highest BCUT2D eigenvalue weighted by Crippen LogP contribution is 2.07. The first kappa shape index (κ1) is 12.7. The van der Waals surface area contributed by atoms with Crippen molar-refractivity contribution in [1.29, 1.82) is 0 Å². The van der Waals surface area contributed by atoms with E-state index >= 15 is 0 Å². The van der Waals surface area contributed by atoms with Crippen LogP contribution in [0.1, 0.15) is 24.6 Å². The number of rotatable bonds is 5. The quantitative estimate of drug-likeness (QED) is 0.750. The normalized spacial score (nSPS) is 12.5. The Balaban J connectivity index is 2.34. The van der Waals surface area contributed by atoms with E-state index in [4.69, 9.17) is 5.11 Å². The van der Waals surface area contributed by atoms with Gasteiger partial charge in [-0.1, -0.05) is 0 Å². The Hall–Kier alpha value is -1.36. The zero-order chi connectivity index (χ0) is 12.1. The minimum absolute atomic E-state index is 0.0378. The number of nitrogens with zero attached hydrogens (tertiary/aromatic N) is 2. The van der Waals surface area contributed by atoms with Gasteiger partial charge in [-0.3, -0.25) is 9.48 Å². The number of aliphatic hydroxyl groups is 1. The lowest BCUT2D eigenvalue weighted by molar-refractivity contribution is -0.121. The van der Waals surface area contributed by atoms with Crippen LogP contribution < -0.4 is 5.32 Å². The first-order chi connectivity index (χ1) is 7.50. The van der Waals surface area contributed by atoms with Crippen molar-refractivity contribution in [1.82, 2.24) is 15.1 Å². The zero-order valence-electron chi connectivity index (χ0n) is 10.0. The summed E-state index contributed by atoms with van der Waals surface area (Å²) >= 11 is 0. The molecule has 0 bridgehead atoms. The van der Waals surface area contributed by atoms with Crippen LogP contribution in [0.15, 0.2) is 6.20 Å². The Kier molecular flexibility index (Phi) is 4.49. The average molecular weight is 225 g/mol. The van der Waals surface area contributed by atoms with Gasteiger partial charge < -0.3 is 10.4 Å². The molecule has 2 N–H and O–H groups in total. The Morgan fingerprint density at radius 2 is 2.38 bits per heavy atom. The van der Waals surface area contributed by atoms with Gasteiger partial charge in [-0.2, -0.15) is 5.10 Å². The number of aryl methyl sites for hydroxylation is 2. The molecule has 0 spiro atoms. The molecule has 1 atom stereocenters. The highest BCUT2D eigenvalue weighted by molar-refractivity contribution is 5.76. The lowest BCUT2D eigenvalue weighted by atomic mass is 10.1. The summed E-state index contributed by atoms with van der Waals surface area (Å²) < 4.78 is 1.79. The maximum absolute atomic E-state index is 11.4. The number of carbonyl (C=O) groups excluding carboxylic acids is 1. The van der Waals surface area contributed by atoms with Crippen LogP contribution in [0, 0.1) is 6.92 Å². The maximum atomic E-state index is 11.4. The van der Waals surface area contributed by atoms with Crippen LogP contribution in [0.2, 0.25) is 0 Å². The molecule has 0 radical (unpaired) electrons. The Morgan fingerprint density at radius 3 is 2.88 bits per heavy atom. The highest BCUT2D eigenvalue weighted by Gasteiger charge is 2.07. The Morgan fingerprint density at radius 1 is 1.69 bits per heavy atom. The second-order valence-electron chi connectivity index (χ2n) is 4.03. The summed E-state index contributed by atoms with van der Waals surface area (Å²) in [4.78, 5) is 11.4. The van der Waals surface area contributed by atoms with E-state index in [0.29, 0.717) is 19.4 Å². The van der Waals surface area contributed by atoms with E-state index in [0.717, 1.165) is 11.3 Å². The molecule has 1 unspecified atom stereocenters. The smallest absolute Gasteiger partial charge is 0.220 e. The van der Waals surface area contributed by atoms with Crippen LogP contribution in [0.5, 0.6) is 0 Å². The van der Waals surface area contributed by atoms with E-state index in [1.807, 2.05) is 14.0 Å². The fourth-order valence-electron chi connectivity index (χ4n) is 1.39. The number of hydrogen-bond acceptors (Lipinski definition) is 3. The molecule has 5 nitrogen and oxygen atoms in total. The van der Waals surface area contributed by atoms with Crippen molar-refractivity contribution in [3.8, 4) is 0 Å². The van der Waals surface area contributed by atoms with Crippen LogP contribution in [0.25, 0.3) is 0 Å². The van der Waals surface area contributed by atoms with Gasteiger partial charge in [0.2, 0.25) is 5.91 Å². The monoisotopic (exact) mass is 225 g/mol. The molecule has 0 aliphatic carbocycles. The molecule has 0 aromatic carbocycles.